The van der Waals surface area contributed by atoms with Crippen molar-refractivity contribution < 1.29 is 0 Å². The van der Waals surface area contributed by atoms with Gasteiger partial charge in [-0.15, -0.1) is 0 Å². The van der Waals surface area contributed by atoms with Gasteiger partial charge < -0.3 is 5.32 Å². The quantitative estimate of drug-likeness (QED) is 0.786. The molecule has 1 atom stereocenters. The molecule has 4 heteroatoms. The number of aromatic nitrogens is 3. The molecule has 0 aliphatic heterocycles. The molecule has 17 heavy (non-hydrogen) atoms. The lowest BCUT2D eigenvalue weighted by Crippen LogP contribution is -2.34. The van der Waals surface area contributed by atoms with Crippen LogP contribution in [0.2, 0.25) is 0 Å². The second-order valence-electron chi connectivity index (χ2n) is 5.53. The second kappa shape index (κ2) is 5.17. The highest BCUT2D eigenvalue weighted by Gasteiger charge is 2.41. The fourth-order valence-electron chi connectivity index (χ4n) is 2.72. The fourth-order valence-corrected chi connectivity index (χ4v) is 2.72. The molecular weight excluding hydrogens is 212 g/mol. The van der Waals surface area contributed by atoms with Gasteiger partial charge >= 0.3 is 0 Å². The SMILES string of the molecule is CCCn1ncnc1CC(C)(CNC)C1CC1. The summed E-state index contributed by atoms with van der Waals surface area (Å²) in [4.78, 5) is 4.44. The van der Waals surface area contributed by atoms with E-state index in [-0.39, 0.29) is 0 Å². The van der Waals surface area contributed by atoms with Crippen molar-refractivity contribution in [3.63, 3.8) is 0 Å². The molecule has 1 N–H and O–H groups in total. The Balaban J connectivity index is 2.08. The summed E-state index contributed by atoms with van der Waals surface area (Å²) in [5.74, 6) is 2.01. The third-order valence-electron chi connectivity index (χ3n) is 3.84. The van der Waals surface area contributed by atoms with Crippen LogP contribution in [0.1, 0.15) is 38.9 Å². The van der Waals surface area contributed by atoms with Crippen LogP contribution in [-0.4, -0.2) is 28.4 Å². The summed E-state index contributed by atoms with van der Waals surface area (Å²) in [6, 6.07) is 0. The highest BCUT2D eigenvalue weighted by molar-refractivity contribution is 5.00. The molecule has 0 bridgehead atoms. The average Bonchev–Trinajstić information content (AvgIpc) is 3.06. The van der Waals surface area contributed by atoms with Crippen LogP contribution < -0.4 is 5.32 Å². The highest BCUT2D eigenvalue weighted by Crippen LogP contribution is 2.46. The van der Waals surface area contributed by atoms with Crippen LogP contribution in [0, 0.1) is 11.3 Å². The maximum Gasteiger partial charge on any atom is 0.138 e. The maximum absolute atomic E-state index is 4.44. The molecule has 0 amide bonds. The zero-order valence-corrected chi connectivity index (χ0v) is 11.2. The summed E-state index contributed by atoms with van der Waals surface area (Å²) in [7, 11) is 2.04. The third-order valence-corrected chi connectivity index (χ3v) is 3.84. The molecule has 1 aliphatic carbocycles. The van der Waals surface area contributed by atoms with Crippen LogP contribution in [0.15, 0.2) is 6.33 Å². The largest absolute Gasteiger partial charge is 0.319 e. The maximum atomic E-state index is 4.44. The average molecular weight is 236 g/mol. The van der Waals surface area contributed by atoms with Gasteiger partial charge in [0.15, 0.2) is 0 Å². The smallest absolute Gasteiger partial charge is 0.138 e. The van der Waals surface area contributed by atoms with E-state index in [0.29, 0.717) is 5.41 Å². The molecule has 1 aromatic heterocycles. The van der Waals surface area contributed by atoms with E-state index in [1.54, 1.807) is 6.33 Å². The van der Waals surface area contributed by atoms with Crippen molar-refractivity contribution >= 4 is 0 Å². The van der Waals surface area contributed by atoms with Gasteiger partial charge in [-0.25, -0.2) is 4.98 Å². The Bertz CT molecular complexity index is 356. The van der Waals surface area contributed by atoms with Crippen LogP contribution in [0.4, 0.5) is 0 Å². The van der Waals surface area contributed by atoms with Crippen LogP contribution in [0.25, 0.3) is 0 Å². The van der Waals surface area contributed by atoms with Gasteiger partial charge in [-0.1, -0.05) is 13.8 Å². The molecular formula is C13H24N4. The molecule has 96 valence electrons. The van der Waals surface area contributed by atoms with E-state index in [2.05, 4.69) is 33.9 Å². The van der Waals surface area contributed by atoms with Crippen molar-refractivity contribution in [2.75, 3.05) is 13.6 Å². The number of hydrogen-bond acceptors (Lipinski definition) is 3. The van der Waals surface area contributed by atoms with Gasteiger partial charge in [0.2, 0.25) is 0 Å². The number of aryl methyl sites for hydroxylation is 1. The summed E-state index contributed by atoms with van der Waals surface area (Å²) in [6.45, 7) is 6.61. The van der Waals surface area contributed by atoms with Crippen LogP contribution >= 0.6 is 0 Å². The standard InChI is InChI=1S/C13H24N4/c1-4-7-17-12(15-10-16-17)8-13(2,9-14-3)11-5-6-11/h10-11,14H,4-9H2,1-3H3. The van der Waals surface area contributed by atoms with E-state index in [0.717, 1.165) is 37.7 Å². The lowest BCUT2D eigenvalue weighted by Gasteiger charge is -2.29. The Morgan fingerprint density at radius 2 is 2.29 bits per heavy atom. The summed E-state index contributed by atoms with van der Waals surface area (Å²) < 4.78 is 2.07. The van der Waals surface area contributed by atoms with Gasteiger partial charge in [0.1, 0.15) is 12.2 Å². The van der Waals surface area contributed by atoms with Crippen LogP contribution in [0.3, 0.4) is 0 Å². The second-order valence-corrected chi connectivity index (χ2v) is 5.53. The number of hydrogen-bond donors (Lipinski definition) is 1. The van der Waals surface area contributed by atoms with Crippen molar-refractivity contribution in [3.05, 3.63) is 12.2 Å². The van der Waals surface area contributed by atoms with E-state index in [1.807, 2.05) is 7.05 Å². The Hall–Kier alpha value is -0.900. The van der Waals surface area contributed by atoms with Gasteiger partial charge in [-0.2, -0.15) is 5.10 Å². The van der Waals surface area contributed by atoms with Crippen molar-refractivity contribution in [2.45, 2.75) is 46.1 Å². The van der Waals surface area contributed by atoms with Crippen molar-refractivity contribution in [1.29, 1.82) is 0 Å². The highest BCUT2D eigenvalue weighted by atomic mass is 15.3. The summed E-state index contributed by atoms with van der Waals surface area (Å²) >= 11 is 0. The van der Waals surface area contributed by atoms with Crippen LogP contribution in [-0.2, 0) is 13.0 Å². The molecule has 0 aromatic carbocycles. The molecule has 1 aromatic rings. The number of rotatable bonds is 7. The Morgan fingerprint density at radius 3 is 2.88 bits per heavy atom. The predicted molar refractivity (Wildman–Crippen MR) is 68.8 cm³/mol. The Labute approximate surface area is 104 Å². The molecule has 0 radical (unpaired) electrons. The molecule has 0 spiro atoms. The van der Waals surface area contributed by atoms with Crippen molar-refractivity contribution in [1.82, 2.24) is 20.1 Å². The normalized spacial score (nSPS) is 19.2. The van der Waals surface area contributed by atoms with E-state index >= 15 is 0 Å². The molecule has 4 nitrogen and oxygen atoms in total. The molecule has 1 aliphatic rings. The van der Waals surface area contributed by atoms with Gasteiger partial charge in [0, 0.05) is 19.5 Å². The predicted octanol–water partition coefficient (Wildman–Crippen LogP) is 1.87. The molecule has 1 unspecified atom stereocenters. The zero-order valence-electron chi connectivity index (χ0n) is 11.2. The fraction of sp³-hybridized carbons (Fsp3) is 0.846. The van der Waals surface area contributed by atoms with Gasteiger partial charge in [0.05, 0.1) is 0 Å². The van der Waals surface area contributed by atoms with E-state index in [9.17, 15) is 0 Å². The molecule has 1 heterocycles. The molecule has 2 rings (SSSR count). The summed E-state index contributed by atoms with van der Waals surface area (Å²) in [6.07, 6.45) is 6.60. The topological polar surface area (TPSA) is 42.7 Å². The first-order valence-electron chi connectivity index (χ1n) is 6.71. The minimum absolute atomic E-state index is 0.341. The monoisotopic (exact) mass is 236 g/mol. The van der Waals surface area contributed by atoms with E-state index < -0.39 is 0 Å². The lowest BCUT2D eigenvalue weighted by atomic mass is 9.81. The molecule has 1 fully saturated rings. The van der Waals surface area contributed by atoms with Gasteiger partial charge in [-0.3, -0.25) is 4.68 Å². The zero-order chi connectivity index (χ0) is 12.3. The van der Waals surface area contributed by atoms with Gasteiger partial charge in [0.25, 0.3) is 0 Å². The molecule has 0 saturated heterocycles. The Morgan fingerprint density at radius 1 is 1.53 bits per heavy atom. The van der Waals surface area contributed by atoms with Crippen LogP contribution in [0.5, 0.6) is 0 Å². The van der Waals surface area contributed by atoms with Crippen molar-refractivity contribution in [3.8, 4) is 0 Å². The number of nitrogens with zero attached hydrogens (tertiary/aromatic N) is 3. The summed E-state index contributed by atoms with van der Waals surface area (Å²) in [5.41, 5.74) is 0.341. The Kier molecular flexibility index (Phi) is 3.82. The minimum Gasteiger partial charge on any atom is -0.319 e. The lowest BCUT2D eigenvalue weighted by molar-refractivity contribution is 0.253. The van der Waals surface area contributed by atoms with Gasteiger partial charge in [-0.05, 0) is 37.6 Å². The molecule has 1 saturated carbocycles. The van der Waals surface area contributed by atoms with E-state index in [1.165, 1.54) is 12.8 Å². The first-order chi connectivity index (χ1) is 8.19. The van der Waals surface area contributed by atoms with Crippen molar-refractivity contribution in [2.24, 2.45) is 11.3 Å². The first-order valence-corrected chi connectivity index (χ1v) is 6.71. The third kappa shape index (κ3) is 2.86. The number of nitrogens with one attached hydrogen (secondary N) is 1. The first kappa shape index (κ1) is 12.6. The summed E-state index contributed by atoms with van der Waals surface area (Å²) in [5, 5.41) is 7.65. The van der Waals surface area contributed by atoms with E-state index in [4.69, 9.17) is 0 Å². The minimum atomic E-state index is 0.341.